The van der Waals surface area contributed by atoms with Gasteiger partial charge in [0, 0.05) is 13.1 Å². The predicted molar refractivity (Wildman–Crippen MR) is 121 cm³/mol. The first kappa shape index (κ1) is 23.5. The maximum atomic E-state index is 13.1. The third kappa shape index (κ3) is 7.21. The van der Waals surface area contributed by atoms with E-state index in [1.54, 1.807) is 4.90 Å². The van der Waals surface area contributed by atoms with Crippen molar-refractivity contribution in [3.63, 3.8) is 0 Å². The van der Waals surface area contributed by atoms with E-state index in [0.717, 1.165) is 18.4 Å². The Labute approximate surface area is 180 Å². The first-order chi connectivity index (χ1) is 14.6. The van der Waals surface area contributed by atoms with Gasteiger partial charge in [-0.2, -0.15) is 0 Å². The molecule has 0 saturated heterocycles. The fraction of sp³-hybridized carbons (Fsp3) is 0.440. The van der Waals surface area contributed by atoms with Gasteiger partial charge in [-0.25, -0.2) is 0 Å². The number of ether oxygens (including phenoxy) is 1. The van der Waals surface area contributed by atoms with E-state index in [4.69, 9.17) is 4.74 Å². The molecule has 0 bridgehead atoms. The van der Waals surface area contributed by atoms with Crippen LogP contribution in [0.1, 0.15) is 44.7 Å². The van der Waals surface area contributed by atoms with Gasteiger partial charge in [0.25, 0.3) is 5.91 Å². The van der Waals surface area contributed by atoms with Gasteiger partial charge in [0.1, 0.15) is 11.8 Å². The lowest BCUT2D eigenvalue weighted by molar-refractivity contribution is -0.142. The second-order valence-corrected chi connectivity index (χ2v) is 7.32. The molecule has 1 N–H and O–H groups in total. The molecule has 162 valence electrons. The normalized spacial score (nSPS) is 11.6. The van der Waals surface area contributed by atoms with E-state index in [2.05, 4.69) is 12.2 Å². The van der Waals surface area contributed by atoms with E-state index in [-0.39, 0.29) is 18.4 Å². The maximum absolute atomic E-state index is 13.1. The number of carbonyl (C=O) groups is 2. The number of rotatable bonds is 12. The largest absolute Gasteiger partial charge is 0.484 e. The molecule has 2 rings (SSSR count). The van der Waals surface area contributed by atoms with Gasteiger partial charge < -0.3 is 15.0 Å². The van der Waals surface area contributed by atoms with Crippen molar-refractivity contribution < 1.29 is 14.3 Å². The quantitative estimate of drug-likeness (QED) is 0.575. The number of nitrogens with one attached hydrogen (secondary N) is 1. The second kappa shape index (κ2) is 12.7. The van der Waals surface area contributed by atoms with Crippen LogP contribution in [0.2, 0.25) is 0 Å². The molecular formula is C25H34N2O3. The number of nitrogens with zero attached hydrogens (tertiary/aromatic N) is 1. The SMILES string of the molecule is CCCNC(=O)C(CC)N(CCc1ccccc1)C(=O)COc1ccc(CC)cc1. The molecule has 0 saturated carbocycles. The van der Waals surface area contributed by atoms with Crippen molar-refractivity contribution in [1.82, 2.24) is 10.2 Å². The van der Waals surface area contributed by atoms with Crippen LogP contribution < -0.4 is 10.1 Å². The highest BCUT2D eigenvalue weighted by atomic mass is 16.5. The van der Waals surface area contributed by atoms with Crippen LogP contribution in [0.4, 0.5) is 0 Å². The Kier molecular flexibility index (Phi) is 9.92. The molecule has 2 aromatic carbocycles. The summed E-state index contributed by atoms with van der Waals surface area (Å²) in [6.07, 6.45) is 3.06. The lowest BCUT2D eigenvalue weighted by atomic mass is 10.1. The zero-order valence-electron chi connectivity index (χ0n) is 18.4. The van der Waals surface area contributed by atoms with Gasteiger partial charge in [0.2, 0.25) is 5.91 Å². The molecule has 0 spiro atoms. The summed E-state index contributed by atoms with van der Waals surface area (Å²) < 4.78 is 5.73. The van der Waals surface area contributed by atoms with Crippen LogP contribution in [-0.2, 0) is 22.4 Å². The first-order valence-corrected chi connectivity index (χ1v) is 10.9. The molecule has 0 aliphatic heterocycles. The molecule has 5 nitrogen and oxygen atoms in total. The third-order valence-electron chi connectivity index (χ3n) is 5.11. The van der Waals surface area contributed by atoms with Gasteiger partial charge in [-0.05, 0) is 48.9 Å². The van der Waals surface area contributed by atoms with Crippen LogP contribution in [0.15, 0.2) is 54.6 Å². The average molecular weight is 411 g/mol. The van der Waals surface area contributed by atoms with Crippen LogP contribution in [0.25, 0.3) is 0 Å². The Hall–Kier alpha value is -2.82. The summed E-state index contributed by atoms with van der Waals surface area (Å²) >= 11 is 0. The van der Waals surface area contributed by atoms with E-state index in [1.807, 2.05) is 68.4 Å². The molecule has 1 atom stereocenters. The smallest absolute Gasteiger partial charge is 0.261 e. The van der Waals surface area contributed by atoms with Crippen molar-refractivity contribution in [1.29, 1.82) is 0 Å². The van der Waals surface area contributed by atoms with Crippen molar-refractivity contribution in [3.05, 3.63) is 65.7 Å². The van der Waals surface area contributed by atoms with Crippen molar-refractivity contribution >= 4 is 11.8 Å². The Bertz CT molecular complexity index is 775. The molecule has 0 aromatic heterocycles. The molecule has 0 heterocycles. The van der Waals surface area contributed by atoms with Crippen molar-refractivity contribution in [3.8, 4) is 5.75 Å². The summed E-state index contributed by atoms with van der Waals surface area (Å²) in [4.78, 5) is 27.4. The van der Waals surface area contributed by atoms with E-state index in [9.17, 15) is 9.59 Å². The highest BCUT2D eigenvalue weighted by Crippen LogP contribution is 2.14. The van der Waals surface area contributed by atoms with E-state index < -0.39 is 6.04 Å². The zero-order chi connectivity index (χ0) is 21.8. The molecule has 0 aliphatic carbocycles. The number of carbonyl (C=O) groups excluding carboxylic acids is 2. The molecule has 0 radical (unpaired) electrons. The minimum atomic E-state index is -0.501. The summed E-state index contributed by atoms with van der Waals surface area (Å²) in [5, 5.41) is 2.93. The van der Waals surface area contributed by atoms with Crippen LogP contribution in [0.3, 0.4) is 0 Å². The lowest BCUT2D eigenvalue weighted by Crippen LogP contribution is -2.51. The van der Waals surface area contributed by atoms with Crippen LogP contribution in [0, 0.1) is 0 Å². The second-order valence-electron chi connectivity index (χ2n) is 7.32. The van der Waals surface area contributed by atoms with Crippen LogP contribution in [0.5, 0.6) is 5.75 Å². The third-order valence-corrected chi connectivity index (χ3v) is 5.11. The number of hydrogen-bond donors (Lipinski definition) is 1. The number of amides is 2. The minimum absolute atomic E-state index is 0.0855. The Morgan fingerprint density at radius 2 is 1.67 bits per heavy atom. The Morgan fingerprint density at radius 1 is 0.967 bits per heavy atom. The van der Waals surface area contributed by atoms with E-state index >= 15 is 0 Å². The summed E-state index contributed by atoms with van der Waals surface area (Å²) in [6.45, 7) is 7.03. The molecule has 5 heteroatoms. The van der Waals surface area contributed by atoms with Crippen molar-refractivity contribution in [2.75, 3.05) is 19.7 Å². The molecule has 30 heavy (non-hydrogen) atoms. The lowest BCUT2D eigenvalue weighted by Gasteiger charge is -2.30. The summed E-state index contributed by atoms with van der Waals surface area (Å²) in [7, 11) is 0. The molecule has 2 aromatic rings. The Balaban J connectivity index is 2.08. The minimum Gasteiger partial charge on any atom is -0.484 e. The van der Waals surface area contributed by atoms with Crippen LogP contribution >= 0.6 is 0 Å². The van der Waals surface area contributed by atoms with Crippen LogP contribution in [-0.4, -0.2) is 42.5 Å². The number of benzene rings is 2. The number of aryl methyl sites for hydroxylation is 1. The summed E-state index contributed by atoms with van der Waals surface area (Å²) in [6, 6.07) is 17.3. The van der Waals surface area contributed by atoms with Gasteiger partial charge in [-0.15, -0.1) is 0 Å². The van der Waals surface area contributed by atoms with Gasteiger partial charge in [-0.3, -0.25) is 9.59 Å². The molecule has 1 unspecified atom stereocenters. The van der Waals surface area contributed by atoms with Gasteiger partial charge in [0.15, 0.2) is 6.61 Å². The fourth-order valence-corrected chi connectivity index (χ4v) is 3.31. The predicted octanol–water partition coefficient (Wildman–Crippen LogP) is 4.00. The maximum Gasteiger partial charge on any atom is 0.261 e. The number of hydrogen-bond acceptors (Lipinski definition) is 3. The van der Waals surface area contributed by atoms with Gasteiger partial charge >= 0.3 is 0 Å². The summed E-state index contributed by atoms with van der Waals surface area (Å²) in [5.74, 6) is 0.379. The monoisotopic (exact) mass is 410 g/mol. The molecule has 0 fully saturated rings. The topological polar surface area (TPSA) is 58.6 Å². The zero-order valence-corrected chi connectivity index (χ0v) is 18.4. The molecule has 2 amide bonds. The first-order valence-electron chi connectivity index (χ1n) is 10.9. The summed E-state index contributed by atoms with van der Waals surface area (Å²) in [5.41, 5.74) is 2.35. The highest BCUT2D eigenvalue weighted by molar-refractivity contribution is 5.88. The molecular weight excluding hydrogens is 376 g/mol. The molecule has 0 aliphatic rings. The highest BCUT2D eigenvalue weighted by Gasteiger charge is 2.28. The fourth-order valence-electron chi connectivity index (χ4n) is 3.31. The standard InChI is InChI=1S/C25H34N2O3/c1-4-17-26-25(29)23(6-3)27(18-16-21-10-8-7-9-11-21)24(28)19-30-22-14-12-20(5-2)13-15-22/h7-15,23H,4-6,16-19H2,1-3H3,(H,26,29). The van der Waals surface area contributed by atoms with Crippen molar-refractivity contribution in [2.24, 2.45) is 0 Å². The van der Waals surface area contributed by atoms with Gasteiger partial charge in [0.05, 0.1) is 0 Å². The van der Waals surface area contributed by atoms with E-state index in [1.165, 1.54) is 5.56 Å². The average Bonchev–Trinajstić information content (AvgIpc) is 2.79. The van der Waals surface area contributed by atoms with Crippen molar-refractivity contribution in [2.45, 2.75) is 52.5 Å². The van der Waals surface area contributed by atoms with E-state index in [0.29, 0.717) is 31.7 Å². The van der Waals surface area contributed by atoms with Gasteiger partial charge in [-0.1, -0.05) is 63.2 Å². The Morgan fingerprint density at radius 3 is 2.27 bits per heavy atom.